The van der Waals surface area contributed by atoms with Gasteiger partial charge in [-0.3, -0.25) is 15.5 Å². The number of hydrogen-bond acceptors (Lipinski definition) is 5. The topological polar surface area (TPSA) is 76.8 Å². The zero-order valence-electron chi connectivity index (χ0n) is 14.4. The highest BCUT2D eigenvalue weighted by molar-refractivity contribution is 5.98. The Morgan fingerprint density at radius 2 is 2.00 bits per heavy atom. The van der Waals surface area contributed by atoms with Crippen molar-refractivity contribution in [3.05, 3.63) is 69.3 Å². The maximum Gasteiger partial charge on any atom is 0.311 e. The second-order valence-electron chi connectivity index (χ2n) is 6.15. The van der Waals surface area contributed by atoms with E-state index in [1.807, 2.05) is 6.92 Å². The molecule has 25 heavy (non-hydrogen) atoms. The van der Waals surface area contributed by atoms with E-state index in [1.165, 1.54) is 23.6 Å². The number of benzene rings is 2. The SMILES string of the molecule is C/C(=N\NC(C)Oc1ccccc1[N+](=O)[O-])c1ccc2c(c1)CCC2. The Labute approximate surface area is 146 Å². The van der Waals surface area contributed by atoms with Crippen LogP contribution in [0.5, 0.6) is 5.75 Å². The van der Waals surface area contributed by atoms with E-state index < -0.39 is 11.2 Å². The van der Waals surface area contributed by atoms with Gasteiger partial charge in [0.05, 0.1) is 10.6 Å². The summed E-state index contributed by atoms with van der Waals surface area (Å²) < 4.78 is 5.61. The van der Waals surface area contributed by atoms with Crippen molar-refractivity contribution < 1.29 is 9.66 Å². The Morgan fingerprint density at radius 3 is 2.80 bits per heavy atom. The highest BCUT2D eigenvalue weighted by Crippen LogP contribution is 2.26. The van der Waals surface area contributed by atoms with Crippen LogP contribution >= 0.6 is 0 Å². The first-order valence-electron chi connectivity index (χ1n) is 8.36. The molecule has 1 aliphatic carbocycles. The predicted molar refractivity (Wildman–Crippen MR) is 97.0 cm³/mol. The third kappa shape index (κ3) is 3.96. The lowest BCUT2D eigenvalue weighted by molar-refractivity contribution is -0.386. The second-order valence-corrected chi connectivity index (χ2v) is 6.15. The number of nitro benzene ring substituents is 1. The number of fused-ring (bicyclic) bond motifs is 1. The van der Waals surface area contributed by atoms with Gasteiger partial charge in [0, 0.05) is 6.07 Å². The number of nitrogens with zero attached hydrogens (tertiary/aromatic N) is 2. The van der Waals surface area contributed by atoms with Gasteiger partial charge in [-0.2, -0.15) is 5.10 Å². The lowest BCUT2D eigenvalue weighted by atomic mass is 10.0. The van der Waals surface area contributed by atoms with Crippen LogP contribution in [0.25, 0.3) is 0 Å². The van der Waals surface area contributed by atoms with E-state index in [9.17, 15) is 10.1 Å². The number of hydrogen-bond donors (Lipinski definition) is 1. The molecule has 2 aromatic carbocycles. The number of aryl methyl sites for hydroxylation is 2. The van der Waals surface area contributed by atoms with Crippen LogP contribution in [0, 0.1) is 10.1 Å². The number of hydrazone groups is 1. The molecule has 0 aliphatic heterocycles. The first kappa shape index (κ1) is 17.0. The van der Waals surface area contributed by atoms with Crippen molar-refractivity contribution in [2.75, 3.05) is 0 Å². The molecule has 1 atom stereocenters. The molecular formula is C19H21N3O3. The summed E-state index contributed by atoms with van der Waals surface area (Å²) in [7, 11) is 0. The molecule has 1 N–H and O–H groups in total. The van der Waals surface area contributed by atoms with Crippen LogP contribution in [0.1, 0.15) is 37.0 Å². The standard InChI is InChI=1S/C19H21N3O3/c1-13(16-11-10-15-6-5-7-17(15)12-16)20-21-14(2)25-19-9-4-3-8-18(19)22(23)24/h3-4,8-12,14,21H,5-7H2,1-2H3/b20-13+. The molecule has 0 saturated heterocycles. The van der Waals surface area contributed by atoms with Crippen LogP contribution in [-0.2, 0) is 12.8 Å². The fraction of sp³-hybridized carbons (Fsp3) is 0.316. The minimum absolute atomic E-state index is 0.0597. The fourth-order valence-electron chi connectivity index (χ4n) is 2.97. The number of ether oxygens (including phenoxy) is 1. The van der Waals surface area contributed by atoms with Crippen LogP contribution in [0.2, 0.25) is 0 Å². The van der Waals surface area contributed by atoms with E-state index in [-0.39, 0.29) is 11.4 Å². The zero-order chi connectivity index (χ0) is 17.8. The van der Waals surface area contributed by atoms with Crippen molar-refractivity contribution >= 4 is 11.4 Å². The lowest BCUT2D eigenvalue weighted by Crippen LogP contribution is -2.28. The molecule has 0 amide bonds. The normalized spacial score (nSPS) is 14.7. The van der Waals surface area contributed by atoms with E-state index >= 15 is 0 Å². The molecule has 6 nitrogen and oxygen atoms in total. The molecule has 2 aromatic rings. The summed E-state index contributed by atoms with van der Waals surface area (Å²) in [6.45, 7) is 3.69. The Bertz CT molecular complexity index is 817. The van der Waals surface area contributed by atoms with Gasteiger partial charge in [0.15, 0.2) is 12.0 Å². The third-order valence-electron chi connectivity index (χ3n) is 4.30. The lowest BCUT2D eigenvalue weighted by Gasteiger charge is -2.15. The van der Waals surface area contributed by atoms with Crippen molar-refractivity contribution in [2.45, 2.75) is 39.3 Å². The Kier molecular flexibility index (Phi) is 4.97. The zero-order valence-corrected chi connectivity index (χ0v) is 14.4. The van der Waals surface area contributed by atoms with Crippen molar-refractivity contribution in [3.8, 4) is 5.75 Å². The molecule has 1 aliphatic rings. The maximum atomic E-state index is 11.0. The van der Waals surface area contributed by atoms with Gasteiger partial charge in [-0.1, -0.05) is 24.3 Å². The van der Waals surface area contributed by atoms with Gasteiger partial charge in [-0.15, -0.1) is 0 Å². The van der Waals surface area contributed by atoms with Gasteiger partial charge in [0.2, 0.25) is 0 Å². The van der Waals surface area contributed by atoms with Crippen LogP contribution in [0.4, 0.5) is 5.69 Å². The fourth-order valence-corrected chi connectivity index (χ4v) is 2.97. The Morgan fingerprint density at radius 1 is 1.24 bits per heavy atom. The molecular weight excluding hydrogens is 318 g/mol. The van der Waals surface area contributed by atoms with Crippen LogP contribution in [0.3, 0.4) is 0 Å². The van der Waals surface area contributed by atoms with E-state index in [2.05, 4.69) is 28.7 Å². The summed E-state index contributed by atoms with van der Waals surface area (Å²) >= 11 is 0. The predicted octanol–water partition coefficient (Wildman–Crippen LogP) is 3.82. The van der Waals surface area contributed by atoms with Crippen molar-refractivity contribution in [2.24, 2.45) is 5.10 Å². The smallest absolute Gasteiger partial charge is 0.311 e. The molecule has 0 heterocycles. The van der Waals surface area contributed by atoms with E-state index in [0.717, 1.165) is 24.1 Å². The molecule has 0 spiro atoms. The summed E-state index contributed by atoms with van der Waals surface area (Å²) in [4.78, 5) is 10.6. The average molecular weight is 339 g/mol. The van der Waals surface area contributed by atoms with E-state index in [1.54, 1.807) is 25.1 Å². The third-order valence-corrected chi connectivity index (χ3v) is 4.30. The van der Waals surface area contributed by atoms with Crippen molar-refractivity contribution in [3.63, 3.8) is 0 Å². The molecule has 0 bridgehead atoms. The van der Waals surface area contributed by atoms with Gasteiger partial charge < -0.3 is 4.74 Å². The molecule has 0 aromatic heterocycles. The summed E-state index contributed by atoms with van der Waals surface area (Å²) in [5.74, 6) is 0.220. The summed E-state index contributed by atoms with van der Waals surface area (Å²) in [5.41, 5.74) is 7.60. The monoisotopic (exact) mass is 339 g/mol. The number of nitro groups is 1. The molecule has 6 heteroatoms. The van der Waals surface area contributed by atoms with Gasteiger partial charge in [0.25, 0.3) is 0 Å². The van der Waals surface area contributed by atoms with Crippen LogP contribution < -0.4 is 10.2 Å². The van der Waals surface area contributed by atoms with Gasteiger partial charge in [-0.05, 0) is 61.9 Å². The van der Waals surface area contributed by atoms with Gasteiger partial charge in [0.1, 0.15) is 0 Å². The molecule has 0 fully saturated rings. The van der Waals surface area contributed by atoms with E-state index in [0.29, 0.717) is 0 Å². The largest absolute Gasteiger partial charge is 0.462 e. The first-order chi connectivity index (χ1) is 12.0. The number of rotatable bonds is 6. The highest BCUT2D eigenvalue weighted by atomic mass is 16.6. The van der Waals surface area contributed by atoms with Crippen molar-refractivity contribution in [1.29, 1.82) is 0 Å². The first-order valence-corrected chi connectivity index (χ1v) is 8.36. The minimum Gasteiger partial charge on any atom is -0.462 e. The molecule has 0 radical (unpaired) electrons. The van der Waals surface area contributed by atoms with Crippen LogP contribution in [0.15, 0.2) is 47.6 Å². The Hall–Kier alpha value is -2.89. The van der Waals surface area contributed by atoms with Gasteiger partial charge in [-0.25, -0.2) is 0 Å². The molecule has 3 rings (SSSR count). The second kappa shape index (κ2) is 7.34. The number of para-hydroxylation sites is 2. The average Bonchev–Trinajstić information content (AvgIpc) is 3.07. The van der Waals surface area contributed by atoms with E-state index in [4.69, 9.17) is 4.74 Å². The van der Waals surface area contributed by atoms with Crippen molar-refractivity contribution in [1.82, 2.24) is 5.43 Å². The molecule has 0 saturated carbocycles. The summed E-state index contributed by atoms with van der Waals surface area (Å²) in [5, 5.41) is 15.4. The number of nitrogens with one attached hydrogen (secondary N) is 1. The van der Waals surface area contributed by atoms with Crippen LogP contribution in [-0.4, -0.2) is 16.9 Å². The highest BCUT2D eigenvalue weighted by Gasteiger charge is 2.16. The Balaban J connectivity index is 1.66. The maximum absolute atomic E-state index is 11.0. The summed E-state index contributed by atoms with van der Waals surface area (Å²) in [6.07, 6.45) is 3.00. The minimum atomic E-state index is -0.495. The summed E-state index contributed by atoms with van der Waals surface area (Å²) in [6, 6.07) is 12.8. The molecule has 1 unspecified atom stereocenters. The quantitative estimate of drug-likeness (QED) is 0.376. The van der Waals surface area contributed by atoms with Gasteiger partial charge >= 0.3 is 5.69 Å². The molecule has 130 valence electrons.